The van der Waals surface area contributed by atoms with E-state index in [2.05, 4.69) is 19.2 Å². The summed E-state index contributed by atoms with van der Waals surface area (Å²) < 4.78 is 0. The average Bonchev–Trinajstić information content (AvgIpc) is 2.70. The third kappa shape index (κ3) is 3.76. The minimum absolute atomic E-state index is 0.848. The molecule has 0 amide bonds. The first-order valence-electron chi connectivity index (χ1n) is 7.50. The third-order valence-corrected chi connectivity index (χ3v) is 4.41. The lowest BCUT2D eigenvalue weighted by Crippen LogP contribution is -2.40. The predicted octanol–water partition coefficient (Wildman–Crippen LogP) is 4.12. The molecule has 2 rings (SSSR count). The first-order valence-corrected chi connectivity index (χ1v) is 7.50. The van der Waals surface area contributed by atoms with Crippen LogP contribution >= 0.6 is 0 Å². The van der Waals surface area contributed by atoms with Gasteiger partial charge in [0.15, 0.2) is 0 Å². The largest absolute Gasteiger partial charge is 0.311 e. The van der Waals surface area contributed by atoms with Gasteiger partial charge in [0, 0.05) is 12.1 Å². The van der Waals surface area contributed by atoms with E-state index in [1.165, 1.54) is 57.8 Å². The molecule has 0 spiro atoms. The van der Waals surface area contributed by atoms with Crippen LogP contribution < -0.4 is 5.32 Å². The maximum absolute atomic E-state index is 3.92. The second-order valence-electron chi connectivity index (χ2n) is 6.51. The van der Waals surface area contributed by atoms with E-state index in [9.17, 15) is 0 Å². The predicted molar refractivity (Wildman–Crippen MR) is 70.6 cm³/mol. The molecule has 2 unspecified atom stereocenters. The SMILES string of the molecule is CC(C)CC1CCCC(NC2CCCC2)C1. The van der Waals surface area contributed by atoms with Crippen LogP contribution in [-0.4, -0.2) is 12.1 Å². The van der Waals surface area contributed by atoms with Gasteiger partial charge in [0.2, 0.25) is 0 Å². The highest BCUT2D eigenvalue weighted by Gasteiger charge is 2.25. The summed E-state index contributed by atoms with van der Waals surface area (Å²) in [6.07, 6.45) is 13.1. The molecule has 1 heteroatoms. The lowest BCUT2D eigenvalue weighted by Gasteiger charge is -2.32. The first-order chi connectivity index (χ1) is 7.74. The fraction of sp³-hybridized carbons (Fsp3) is 1.00. The van der Waals surface area contributed by atoms with Crippen LogP contribution in [0, 0.1) is 11.8 Å². The molecule has 0 aromatic rings. The minimum Gasteiger partial charge on any atom is -0.311 e. The highest BCUT2D eigenvalue weighted by molar-refractivity contribution is 4.83. The van der Waals surface area contributed by atoms with Crippen molar-refractivity contribution >= 4 is 0 Å². The lowest BCUT2D eigenvalue weighted by molar-refractivity contribution is 0.240. The summed E-state index contributed by atoms with van der Waals surface area (Å²) in [5.41, 5.74) is 0. The van der Waals surface area contributed by atoms with Gasteiger partial charge in [-0.2, -0.15) is 0 Å². The van der Waals surface area contributed by atoms with Crippen molar-refractivity contribution in [3.63, 3.8) is 0 Å². The Balaban J connectivity index is 1.72. The Hall–Kier alpha value is -0.0400. The van der Waals surface area contributed by atoms with Gasteiger partial charge < -0.3 is 5.32 Å². The molecule has 0 aromatic carbocycles. The van der Waals surface area contributed by atoms with Crippen molar-refractivity contribution in [1.82, 2.24) is 5.32 Å². The van der Waals surface area contributed by atoms with Gasteiger partial charge in [-0.05, 0) is 43.9 Å². The van der Waals surface area contributed by atoms with Gasteiger partial charge in [-0.25, -0.2) is 0 Å². The summed E-state index contributed by atoms with van der Waals surface area (Å²) in [5.74, 6) is 1.89. The number of rotatable bonds is 4. The molecule has 0 radical (unpaired) electrons. The summed E-state index contributed by atoms with van der Waals surface area (Å²) in [5, 5.41) is 3.92. The normalized spacial score (nSPS) is 32.4. The van der Waals surface area contributed by atoms with E-state index in [0.717, 1.165) is 23.9 Å². The van der Waals surface area contributed by atoms with Gasteiger partial charge in [0.1, 0.15) is 0 Å². The molecule has 0 saturated heterocycles. The highest BCUT2D eigenvalue weighted by atomic mass is 15.0. The Labute approximate surface area is 101 Å². The van der Waals surface area contributed by atoms with Crippen LogP contribution in [0.1, 0.15) is 71.6 Å². The molecular weight excluding hydrogens is 194 g/mol. The topological polar surface area (TPSA) is 12.0 Å². The van der Waals surface area contributed by atoms with Crippen molar-refractivity contribution in [2.24, 2.45) is 11.8 Å². The van der Waals surface area contributed by atoms with Gasteiger partial charge in [-0.15, -0.1) is 0 Å². The van der Waals surface area contributed by atoms with Crippen LogP contribution in [0.5, 0.6) is 0 Å². The molecule has 2 atom stereocenters. The summed E-state index contributed by atoms with van der Waals surface area (Å²) >= 11 is 0. The molecule has 2 saturated carbocycles. The zero-order chi connectivity index (χ0) is 11.4. The Morgan fingerprint density at radius 2 is 1.62 bits per heavy atom. The van der Waals surface area contributed by atoms with Crippen LogP contribution in [0.3, 0.4) is 0 Å². The second kappa shape index (κ2) is 6.05. The summed E-state index contributed by atoms with van der Waals surface area (Å²) in [6, 6.07) is 1.71. The quantitative estimate of drug-likeness (QED) is 0.756. The van der Waals surface area contributed by atoms with Crippen molar-refractivity contribution < 1.29 is 0 Å². The standard InChI is InChI=1S/C15H29N/c1-12(2)10-13-6-5-9-15(11-13)16-14-7-3-4-8-14/h12-16H,3-11H2,1-2H3. The van der Waals surface area contributed by atoms with Crippen molar-refractivity contribution in [1.29, 1.82) is 0 Å². The molecule has 2 aliphatic rings. The molecule has 0 bridgehead atoms. The Morgan fingerprint density at radius 3 is 2.31 bits per heavy atom. The van der Waals surface area contributed by atoms with Crippen molar-refractivity contribution in [2.45, 2.75) is 83.7 Å². The first kappa shape index (κ1) is 12.4. The van der Waals surface area contributed by atoms with E-state index in [0.29, 0.717) is 0 Å². The second-order valence-corrected chi connectivity index (χ2v) is 6.51. The zero-order valence-corrected chi connectivity index (χ0v) is 11.2. The molecule has 0 heterocycles. The Morgan fingerprint density at radius 1 is 0.938 bits per heavy atom. The van der Waals surface area contributed by atoms with Crippen molar-refractivity contribution in [2.75, 3.05) is 0 Å². The number of nitrogens with one attached hydrogen (secondary N) is 1. The number of hydrogen-bond donors (Lipinski definition) is 1. The van der Waals surface area contributed by atoms with Crippen LogP contribution in [0.2, 0.25) is 0 Å². The highest BCUT2D eigenvalue weighted by Crippen LogP contribution is 2.30. The molecule has 0 aromatic heterocycles. The van der Waals surface area contributed by atoms with Gasteiger partial charge in [0.05, 0.1) is 0 Å². The van der Waals surface area contributed by atoms with E-state index in [1.807, 2.05) is 0 Å². The molecule has 0 aliphatic heterocycles. The van der Waals surface area contributed by atoms with Crippen LogP contribution in [0.15, 0.2) is 0 Å². The lowest BCUT2D eigenvalue weighted by atomic mass is 9.81. The minimum atomic E-state index is 0.848. The van der Waals surface area contributed by atoms with E-state index in [-0.39, 0.29) is 0 Å². The van der Waals surface area contributed by atoms with Crippen molar-refractivity contribution in [3.05, 3.63) is 0 Å². The molecule has 94 valence electrons. The van der Waals surface area contributed by atoms with Crippen LogP contribution in [0.25, 0.3) is 0 Å². The fourth-order valence-electron chi connectivity index (χ4n) is 3.75. The van der Waals surface area contributed by atoms with Crippen LogP contribution in [0.4, 0.5) is 0 Å². The maximum Gasteiger partial charge on any atom is 0.00722 e. The summed E-state index contributed by atoms with van der Waals surface area (Å²) in [6.45, 7) is 4.74. The Bertz CT molecular complexity index is 194. The molecular formula is C15H29N. The summed E-state index contributed by atoms with van der Waals surface area (Å²) in [7, 11) is 0. The van der Waals surface area contributed by atoms with E-state index < -0.39 is 0 Å². The third-order valence-electron chi connectivity index (χ3n) is 4.41. The van der Waals surface area contributed by atoms with E-state index >= 15 is 0 Å². The Kier molecular flexibility index (Phi) is 4.69. The molecule has 2 aliphatic carbocycles. The van der Waals surface area contributed by atoms with E-state index in [4.69, 9.17) is 0 Å². The summed E-state index contributed by atoms with van der Waals surface area (Å²) in [4.78, 5) is 0. The van der Waals surface area contributed by atoms with Gasteiger partial charge in [-0.1, -0.05) is 39.5 Å². The molecule has 1 nitrogen and oxygen atoms in total. The van der Waals surface area contributed by atoms with Gasteiger partial charge in [0.25, 0.3) is 0 Å². The van der Waals surface area contributed by atoms with Gasteiger partial charge >= 0.3 is 0 Å². The van der Waals surface area contributed by atoms with E-state index in [1.54, 1.807) is 0 Å². The van der Waals surface area contributed by atoms with Crippen molar-refractivity contribution in [3.8, 4) is 0 Å². The fourth-order valence-corrected chi connectivity index (χ4v) is 3.75. The maximum atomic E-state index is 3.92. The average molecular weight is 223 g/mol. The zero-order valence-electron chi connectivity index (χ0n) is 11.2. The number of hydrogen-bond acceptors (Lipinski definition) is 1. The smallest absolute Gasteiger partial charge is 0.00722 e. The molecule has 2 fully saturated rings. The monoisotopic (exact) mass is 223 g/mol. The van der Waals surface area contributed by atoms with Crippen LogP contribution in [-0.2, 0) is 0 Å². The molecule has 1 N–H and O–H groups in total. The molecule has 16 heavy (non-hydrogen) atoms. The van der Waals surface area contributed by atoms with Gasteiger partial charge in [-0.3, -0.25) is 0 Å².